The van der Waals surface area contributed by atoms with Gasteiger partial charge in [-0.25, -0.2) is 0 Å². The highest BCUT2D eigenvalue weighted by Crippen LogP contribution is 2.28. The van der Waals surface area contributed by atoms with Gasteiger partial charge in [0, 0.05) is 11.9 Å². The van der Waals surface area contributed by atoms with Crippen molar-refractivity contribution in [3.05, 3.63) is 0 Å². The van der Waals surface area contributed by atoms with Crippen LogP contribution in [0.5, 0.6) is 11.8 Å². The number of aliphatic hydroxyl groups excluding tert-OH is 1. The maximum atomic E-state index is 9.13. The van der Waals surface area contributed by atoms with Gasteiger partial charge in [0.05, 0.1) is 0 Å². The number of aliphatic hydroxyl groups is 1. The minimum atomic E-state index is -0.369. The van der Waals surface area contributed by atoms with Gasteiger partial charge in [-0.1, -0.05) is 18.7 Å². The smallest absolute Gasteiger partial charge is 0.242 e. The van der Waals surface area contributed by atoms with E-state index in [1.165, 1.54) is 11.8 Å². The number of aromatic nitrogens is 2. The minimum absolute atomic E-state index is 0.167. The van der Waals surface area contributed by atoms with E-state index >= 15 is 0 Å². The SMILES string of the molecule is CC(C)O.CCCSc1nc(O)c(N)c(O)n1. The third-order valence-corrected chi connectivity index (χ3v) is 2.37. The van der Waals surface area contributed by atoms with Gasteiger partial charge in [0.25, 0.3) is 0 Å². The maximum absolute atomic E-state index is 9.13. The molecule has 0 aliphatic rings. The summed E-state index contributed by atoms with van der Waals surface area (Å²) in [7, 11) is 0. The van der Waals surface area contributed by atoms with Crippen LogP contribution in [-0.2, 0) is 0 Å². The molecule has 5 N–H and O–H groups in total. The molecular formula is C10H19N3O3S. The fourth-order valence-electron chi connectivity index (χ4n) is 0.685. The molecule has 17 heavy (non-hydrogen) atoms. The first-order valence-electron chi connectivity index (χ1n) is 5.24. The van der Waals surface area contributed by atoms with Gasteiger partial charge in [0.1, 0.15) is 0 Å². The number of nitrogen functional groups attached to an aromatic ring is 1. The fourth-order valence-corrected chi connectivity index (χ4v) is 1.37. The summed E-state index contributed by atoms with van der Waals surface area (Å²) in [5, 5.41) is 26.7. The van der Waals surface area contributed by atoms with Crippen LogP contribution in [0.15, 0.2) is 5.16 Å². The highest BCUT2D eigenvalue weighted by Gasteiger charge is 2.09. The normalized spacial score (nSPS) is 9.94. The molecule has 0 aromatic carbocycles. The minimum Gasteiger partial charge on any atom is -0.492 e. The Balaban J connectivity index is 0.000000557. The van der Waals surface area contributed by atoms with E-state index in [9.17, 15) is 0 Å². The van der Waals surface area contributed by atoms with Gasteiger partial charge in [-0.15, -0.1) is 0 Å². The number of nitrogens with zero attached hydrogens (tertiary/aromatic N) is 2. The van der Waals surface area contributed by atoms with E-state index in [0.717, 1.165) is 12.2 Å². The summed E-state index contributed by atoms with van der Waals surface area (Å²) < 4.78 is 0. The quantitative estimate of drug-likeness (QED) is 0.480. The molecule has 98 valence electrons. The molecule has 1 aromatic heterocycles. The zero-order valence-electron chi connectivity index (χ0n) is 10.2. The zero-order chi connectivity index (χ0) is 13.4. The molecule has 0 aliphatic heterocycles. The summed E-state index contributed by atoms with van der Waals surface area (Å²) in [4.78, 5) is 7.39. The number of nitrogens with two attached hydrogens (primary N) is 1. The second-order valence-corrected chi connectivity index (χ2v) is 4.57. The van der Waals surface area contributed by atoms with Crippen LogP contribution in [-0.4, -0.2) is 37.1 Å². The Morgan fingerprint density at radius 2 is 1.65 bits per heavy atom. The lowest BCUT2D eigenvalue weighted by molar-refractivity contribution is 0.216. The number of anilines is 1. The highest BCUT2D eigenvalue weighted by atomic mass is 32.2. The molecule has 0 atom stereocenters. The average Bonchev–Trinajstić information content (AvgIpc) is 2.22. The Hall–Kier alpha value is -1.21. The van der Waals surface area contributed by atoms with Gasteiger partial charge in [0.15, 0.2) is 10.8 Å². The van der Waals surface area contributed by atoms with Crippen molar-refractivity contribution in [3.63, 3.8) is 0 Å². The van der Waals surface area contributed by atoms with Crippen LogP contribution >= 0.6 is 11.8 Å². The van der Waals surface area contributed by atoms with Gasteiger partial charge in [-0.05, 0) is 20.3 Å². The van der Waals surface area contributed by atoms with Crippen molar-refractivity contribution in [2.45, 2.75) is 38.5 Å². The Morgan fingerprint density at radius 3 is 2.00 bits per heavy atom. The monoisotopic (exact) mass is 261 g/mol. The van der Waals surface area contributed by atoms with Gasteiger partial charge in [0.2, 0.25) is 11.8 Å². The lowest BCUT2D eigenvalue weighted by Gasteiger charge is -2.02. The molecule has 0 spiro atoms. The van der Waals surface area contributed by atoms with E-state index < -0.39 is 0 Å². The predicted molar refractivity (Wildman–Crippen MR) is 68.1 cm³/mol. The summed E-state index contributed by atoms with van der Waals surface area (Å²) >= 11 is 1.36. The third-order valence-electron chi connectivity index (χ3n) is 1.32. The average molecular weight is 261 g/mol. The van der Waals surface area contributed by atoms with Crippen LogP contribution in [0.1, 0.15) is 27.2 Å². The summed E-state index contributed by atoms with van der Waals surface area (Å²) in [5.74, 6) is 0.0974. The molecule has 0 amide bonds. The summed E-state index contributed by atoms with van der Waals surface area (Å²) in [6, 6.07) is 0. The van der Waals surface area contributed by atoms with E-state index in [4.69, 9.17) is 21.1 Å². The summed E-state index contributed by atoms with van der Waals surface area (Å²) in [6.45, 7) is 5.46. The topological polar surface area (TPSA) is 112 Å². The Morgan fingerprint density at radius 1 is 1.24 bits per heavy atom. The molecule has 0 unspecified atom stereocenters. The van der Waals surface area contributed by atoms with Crippen molar-refractivity contribution in [2.24, 2.45) is 0 Å². The van der Waals surface area contributed by atoms with Gasteiger partial charge < -0.3 is 21.1 Å². The number of aromatic hydroxyl groups is 2. The van der Waals surface area contributed by atoms with E-state index in [1.54, 1.807) is 13.8 Å². The molecule has 7 heteroatoms. The standard InChI is InChI=1S/C7H11N3O2S.C3H8O/c1-2-3-13-7-9-5(11)4(8)6(12)10-7;1-3(2)4/h2-3,8H2,1H3,(H2,9,10,11,12);3-4H,1-2H3. The molecule has 1 rings (SSSR count). The van der Waals surface area contributed by atoms with Gasteiger partial charge in [-0.3, -0.25) is 0 Å². The third kappa shape index (κ3) is 6.85. The zero-order valence-corrected chi connectivity index (χ0v) is 11.0. The van der Waals surface area contributed by atoms with Crippen LogP contribution in [0.3, 0.4) is 0 Å². The molecule has 6 nitrogen and oxygen atoms in total. The van der Waals surface area contributed by atoms with Crippen LogP contribution in [0.2, 0.25) is 0 Å². The second-order valence-electron chi connectivity index (χ2n) is 3.51. The molecule has 0 saturated heterocycles. The van der Waals surface area contributed by atoms with Crippen LogP contribution in [0, 0.1) is 0 Å². The molecule has 0 bridgehead atoms. The molecule has 0 fully saturated rings. The number of thioether (sulfide) groups is 1. The molecule has 1 aromatic rings. The largest absolute Gasteiger partial charge is 0.492 e. The van der Waals surface area contributed by atoms with E-state index in [-0.39, 0.29) is 23.6 Å². The second kappa shape index (κ2) is 7.97. The van der Waals surface area contributed by atoms with Gasteiger partial charge >= 0.3 is 0 Å². The summed E-state index contributed by atoms with van der Waals surface area (Å²) in [5.41, 5.74) is 5.07. The molecule has 1 heterocycles. The first kappa shape index (κ1) is 15.8. The Kier molecular flexibility index (Phi) is 7.40. The number of hydrogen-bond donors (Lipinski definition) is 4. The molecule has 0 radical (unpaired) electrons. The Bertz CT molecular complexity index is 322. The molecule has 0 aliphatic carbocycles. The van der Waals surface area contributed by atoms with Crippen molar-refractivity contribution in [1.29, 1.82) is 0 Å². The summed E-state index contributed by atoms with van der Waals surface area (Å²) in [6.07, 6.45) is 0.805. The van der Waals surface area contributed by atoms with Crippen LogP contribution < -0.4 is 5.73 Å². The predicted octanol–water partition coefficient (Wildman–Crippen LogP) is 1.36. The first-order valence-corrected chi connectivity index (χ1v) is 6.23. The number of hydrogen-bond acceptors (Lipinski definition) is 7. The maximum Gasteiger partial charge on any atom is 0.242 e. The van der Waals surface area contributed by atoms with Crippen molar-refractivity contribution in [3.8, 4) is 11.8 Å². The van der Waals surface area contributed by atoms with E-state index in [1.807, 2.05) is 6.92 Å². The van der Waals surface area contributed by atoms with Crippen LogP contribution in [0.4, 0.5) is 5.69 Å². The molecule has 0 saturated carbocycles. The Labute approximate surface area is 105 Å². The van der Waals surface area contributed by atoms with Crippen molar-refractivity contribution >= 4 is 17.4 Å². The number of rotatable bonds is 3. The van der Waals surface area contributed by atoms with Gasteiger partial charge in [-0.2, -0.15) is 9.97 Å². The first-order chi connectivity index (χ1) is 7.88. The lowest BCUT2D eigenvalue weighted by Crippen LogP contribution is -1.94. The molecular weight excluding hydrogens is 242 g/mol. The lowest BCUT2D eigenvalue weighted by atomic mass is 10.5. The fraction of sp³-hybridized carbons (Fsp3) is 0.600. The van der Waals surface area contributed by atoms with E-state index in [0.29, 0.717) is 5.16 Å². The highest BCUT2D eigenvalue weighted by molar-refractivity contribution is 7.99. The van der Waals surface area contributed by atoms with Crippen LogP contribution in [0.25, 0.3) is 0 Å². The van der Waals surface area contributed by atoms with E-state index in [2.05, 4.69) is 9.97 Å². The van der Waals surface area contributed by atoms with Crippen molar-refractivity contribution < 1.29 is 15.3 Å². The van der Waals surface area contributed by atoms with Crippen molar-refractivity contribution in [2.75, 3.05) is 11.5 Å². The van der Waals surface area contributed by atoms with Crippen molar-refractivity contribution in [1.82, 2.24) is 9.97 Å².